The molecule has 30 heavy (non-hydrogen) atoms. The van der Waals surface area contributed by atoms with E-state index in [2.05, 4.69) is 37.5 Å². The zero-order valence-electron chi connectivity index (χ0n) is 17.2. The number of ether oxygens (including phenoxy) is 2. The van der Waals surface area contributed by atoms with Crippen LogP contribution >= 0.6 is 0 Å². The number of nitrogens with zero attached hydrogens (tertiary/aromatic N) is 2. The number of unbranched alkanes of at least 4 members (excludes halogenated alkanes) is 3. The van der Waals surface area contributed by atoms with Crippen molar-refractivity contribution in [1.29, 1.82) is 0 Å². The second-order valence-electron chi connectivity index (χ2n) is 7.20. The highest BCUT2D eigenvalue weighted by atomic mass is 16.5. The van der Waals surface area contributed by atoms with Crippen molar-refractivity contribution in [3.8, 4) is 0 Å². The Labute approximate surface area is 176 Å². The third-order valence-electron chi connectivity index (χ3n) is 5.01. The molecule has 1 aliphatic heterocycles. The number of aromatic nitrogens is 2. The summed E-state index contributed by atoms with van der Waals surface area (Å²) in [6.45, 7) is 1.73. The molecule has 2 N–H and O–H groups in total. The van der Waals surface area contributed by atoms with Crippen LogP contribution in [0.3, 0.4) is 0 Å². The lowest BCUT2D eigenvalue weighted by molar-refractivity contribution is -0.140. The monoisotopic (exact) mass is 412 g/mol. The Bertz CT molecular complexity index is 841. The number of nitrogens with one attached hydrogen (secondary N) is 2. The van der Waals surface area contributed by atoms with Crippen molar-refractivity contribution in [1.82, 2.24) is 15.3 Å². The number of carbonyl (C=O) groups is 2. The summed E-state index contributed by atoms with van der Waals surface area (Å²) < 4.78 is 10.2. The first-order valence-corrected chi connectivity index (χ1v) is 10.3. The van der Waals surface area contributed by atoms with Gasteiger partial charge in [0.15, 0.2) is 0 Å². The number of benzene rings is 1. The minimum atomic E-state index is -0.192. The molecule has 0 saturated heterocycles. The summed E-state index contributed by atoms with van der Waals surface area (Å²) in [4.78, 5) is 31.8. The average molecular weight is 412 g/mol. The molecule has 1 aromatic carbocycles. The van der Waals surface area contributed by atoms with Crippen LogP contribution in [0.15, 0.2) is 36.7 Å². The summed E-state index contributed by atoms with van der Waals surface area (Å²) in [5.74, 6) is 0.0892. The fourth-order valence-corrected chi connectivity index (χ4v) is 3.33. The molecule has 8 nitrogen and oxygen atoms in total. The third kappa shape index (κ3) is 6.25. The number of hydrogen-bond acceptors (Lipinski definition) is 7. The Hall–Kier alpha value is -3.00. The Kier molecular flexibility index (Phi) is 8.14. The molecule has 3 rings (SSSR count). The molecule has 2 heterocycles. The fraction of sp³-hybridized carbons (Fsp3) is 0.455. The molecule has 1 aromatic heterocycles. The summed E-state index contributed by atoms with van der Waals surface area (Å²) in [6, 6.07) is 8.11. The molecular weight excluding hydrogens is 384 g/mol. The summed E-state index contributed by atoms with van der Waals surface area (Å²) in [5.41, 5.74) is 2.76. The van der Waals surface area contributed by atoms with Crippen molar-refractivity contribution >= 4 is 17.8 Å². The minimum Gasteiger partial charge on any atom is -0.469 e. The second kappa shape index (κ2) is 11.3. The molecule has 0 aliphatic carbocycles. The van der Waals surface area contributed by atoms with E-state index in [0.29, 0.717) is 37.7 Å². The van der Waals surface area contributed by atoms with Gasteiger partial charge in [0, 0.05) is 25.4 Å². The second-order valence-corrected chi connectivity index (χ2v) is 7.20. The third-order valence-corrected chi connectivity index (χ3v) is 5.01. The predicted octanol–water partition coefficient (Wildman–Crippen LogP) is 3.01. The van der Waals surface area contributed by atoms with E-state index >= 15 is 0 Å². The zero-order chi connectivity index (χ0) is 21.2. The minimum absolute atomic E-state index is 0.0196. The normalized spacial score (nSPS) is 15.2. The van der Waals surface area contributed by atoms with Crippen LogP contribution in [-0.2, 0) is 20.9 Å². The Morgan fingerprint density at radius 1 is 1.13 bits per heavy atom. The fourth-order valence-electron chi connectivity index (χ4n) is 3.33. The lowest BCUT2D eigenvalue weighted by atomic mass is 9.99. The van der Waals surface area contributed by atoms with Crippen LogP contribution in [0.1, 0.15) is 59.6 Å². The number of rotatable bonds is 10. The van der Waals surface area contributed by atoms with Crippen LogP contribution in [0.4, 0.5) is 5.95 Å². The first-order valence-electron chi connectivity index (χ1n) is 10.3. The maximum atomic E-state index is 12.2. The van der Waals surface area contributed by atoms with Crippen molar-refractivity contribution in [2.24, 2.45) is 0 Å². The van der Waals surface area contributed by atoms with Gasteiger partial charge in [0.25, 0.3) is 5.91 Å². The Morgan fingerprint density at radius 2 is 1.90 bits per heavy atom. The molecular formula is C22H28N4O4. The van der Waals surface area contributed by atoms with Crippen LogP contribution in [0.5, 0.6) is 0 Å². The van der Waals surface area contributed by atoms with Gasteiger partial charge in [-0.05, 0) is 24.0 Å². The van der Waals surface area contributed by atoms with Crippen molar-refractivity contribution in [3.05, 3.63) is 53.3 Å². The average Bonchev–Trinajstić information content (AvgIpc) is 2.79. The number of hydrogen-bond donors (Lipinski definition) is 2. The maximum Gasteiger partial charge on any atom is 0.305 e. The zero-order valence-corrected chi connectivity index (χ0v) is 17.2. The van der Waals surface area contributed by atoms with Crippen molar-refractivity contribution in [3.63, 3.8) is 0 Å². The van der Waals surface area contributed by atoms with E-state index in [0.717, 1.165) is 31.2 Å². The van der Waals surface area contributed by atoms with E-state index in [1.54, 1.807) is 0 Å². The molecule has 0 bridgehead atoms. The topological polar surface area (TPSA) is 102 Å². The lowest BCUT2D eigenvalue weighted by Gasteiger charge is -2.26. The van der Waals surface area contributed by atoms with E-state index in [9.17, 15) is 9.59 Å². The van der Waals surface area contributed by atoms with E-state index in [1.165, 1.54) is 25.1 Å². The van der Waals surface area contributed by atoms with Gasteiger partial charge in [-0.2, -0.15) is 0 Å². The Balaban J connectivity index is 1.40. The van der Waals surface area contributed by atoms with Gasteiger partial charge in [0.1, 0.15) is 0 Å². The van der Waals surface area contributed by atoms with Crippen molar-refractivity contribution in [2.75, 3.05) is 25.6 Å². The van der Waals surface area contributed by atoms with Gasteiger partial charge in [0.2, 0.25) is 5.95 Å². The number of esters is 1. The summed E-state index contributed by atoms with van der Waals surface area (Å²) in [6.07, 6.45) is 7.03. The molecule has 1 amide bonds. The summed E-state index contributed by atoms with van der Waals surface area (Å²) in [7, 11) is 1.40. The van der Waals surface area contributed by atoms with Gasteiger partial charge in [-0.1, -0.05) is 37.1 Å². The summed E-state index contributed by atoms with van der Waals surface area (Å²) in [5, 5.41) is 6.15. The van der Waals surface area contributed by atoms with Crippen molar-refractivity contribution in [2.45, 2.75) is 44.8 Å². The van der Waals surface area contributed by atoms with Crippen molar-refractivity contribution < 1.29 is 19.1 Å². The first kappa shape index (κ1) is 21.7. The van der Waals surface area contributed by atoms with E-state index < -0.39 is 0 Å². The van der Waals surface area contributed by atoms with Gasteiger partial charge < -0.3 is 20.1 Å². The molecule has 1 atom stereocenters. The van der Waals surface area contributed by atoms with Crippen LogP contribution in [0.25, 0.3) is 0 Å². The number of anilines is 1. The highest BCUT2D eigenvalue weighted by Crippen LogP contribution is 2.26. The number of amides is 1. The van der Waals surface area contributed by atoms with Gasteiger partial charge in [-0.15, -0.1) is 0 Å². The standard InChI is InChI=1S/C22H28N4O4/c1-29-20(27)10-4-2-3-7-11-23-21(28)17-12-24-22(25-13-17)26-19-15-30-14-16-8-5-6-9-18(16)19/h5-6,8-9,12-13,19H,2-4,7,10-11,14-15H2,1H3,(H,23,28)(H,24,25,26). The molecule has 160 valence electrons. The molecule has 0 fully saturated rings. The number of fused-ring (bicyclic) bond motifs is 1. The van der Waals surface area contributed by atoms with E-state index in [1.807, 2.05) is 12.1 Å². The molecule has 0 spiro atoms. The largest absolute Gasteiger partial charge is 0.469 e. The predicted molar refractivity (Wildman–Crippen MR) is 112 cm³/mol. The van der Waals surface area contributed by atoms with Crippen LogP contribution < -0.4 is 10.6 Å². The quantitative estimate of drug-likeness (QED) is 0.457. The van der Waals surface area contributed by atoms with E-state index in [-0.39, 0.29) is 17.9 Å². The van der Waals surface area contributed by atoms with Gasteiger partial charge in [-0.25, -0.2) is 9.97 Å². The Morgan fingerprint density at radius 3 is 2.70 bits per heavy atom. The highest BCUT2D eigenvalue weighted by Gasteiger charge is 2.21. The molecule has 2 aromatic rings. The summed E-state index contributed by atoms with van der Waals surface area (Å²) >= 11 is 0. The van der Waals surface area contributed by atoms with Crippen LogP contribution in [-0.4, -0.2) is 42.1 Å². The molecule has 0 radical (unpaired) electrons. The smallest absolute Gasteiger partial charge is 0.305 e. The molecule has 1 aliphatic rings. The maximum absolute atomic E-state index is 12.2. The number of methoxy groups -OCH3 is 1. The molecule has 1 unspecified atom stereocenters. The van der Waals surface area contributed by atoms with Crippen LogP contribution in [0.2, 0.25) is 0 Å². The van der Waals surface area contributed by atoms with Crippen LogP contribution in [0, 0.1) is 0 Å². The molecule has 8 heteroatoms. The first-order chi connectivity index (χ1) is 14.7. The molecule has 0 saturated carbocycles. The number of carbonyl (C=O) groups excluding carboxylic acids is 2. The SMILES string of the molecule is COC(=O)CCCCCCNC(=O)c1cnc(NC2COCc3ccccc32)nc1. The van der Waals surface area contributed by atoms with E-state index in [4.69, 9.17) is 4.74 Å². The van der Waals surface area contributed by atoms with Gasteiger partial charge in [-0.3, -0.25) is 9.59 Å². The van der Waals surface area contributed by atoms with Gasteiger partial charge in [0.05, 0.1) is 31.9 Å². The van der Waals surface area contributed by atoms with Gasteiger partial charge >= 0.3 is 5.97 Å². The highest BCUT2D eigenvalue weighted by molar-refractivity contribution is 5.93. The lowest BCUT2D eigenvalue weighted by Crippen LogP contribution is -2.26.